The summed E-state index contributed by atoms with van der Waals surface area (Å²) in [7, 11) is 0. The maximum absolute atomic E-state index is 11.9. The lowest BCUT2D eigenvalue weighted by atomic mass is 10.0. The number of aliphatic carboxylic acids is 1. The molecule has 2 unspecified atom stereocenters. The number of hydrogen-bond donors (Lipinski definition) is 2. The average molecular weight is 337 g/mol. The van der Waals surface area contributed by atoms with E-state index < -0.39 is 34.5 Å². The molecule has 2 amide bonds. The third-order valence-corrected chi connectivity index (χ3v) is 5.15. The number of carboxylic acid groups (broad SMARTS) is 1. The predicted molar refractivity (Wildman–Crippen MR) is 65.1 cm³/mol. The van der Waals surface area contributed by atoms with Gasteiger partial charge < -0.3 is 15.0 Å². The number of carboxylic acids is 1. The van der Waals surface area contributed by atoms with Crippen molar-refractivity contribution < 1.29 is 24.0 Å². The highest BCUT2D eigenvalue weighted by Gasteiger charge is 2.60. The molecule has 0 aromatic carbocycles. The van der Waals surface area contributed by atoms with Crippen LogP contribution in [0.4, 0.5) is 0 Å². The minimum absolute atomic E-state index is 0.0817. The van der Waals surface area contributed by atoms with Gasteiger partial charge in [-0.2, -0.15) is 0 Å². The molecule has 0 bridgehead atoms. The minimum atomic E-state index is -1.42. The molecule has 0 saturated carbocycles. The number of carbonyl (C=O) groups is 3. The van der Waals surface area contributed by atoms with E-state index in [1.54, 1.807) is 0 Å². The molecule has 3 atom stereocenters. The highest BCUT2D eigenvalue weighted by atomic mass is 79.9. The fourth-order valence-corrected chi connectivity index (χ4v) is 4.47. The second-order valence-electron chi connectivity index (χ2n) is 3.78. The molecule has 2 N–H and O–H groups in total. The van der Waals surface area contributed by atoms with Crippen LogP contribution < -0.4 is 5.32 Å². The topological polar surface area (TPSA) is 110 Å². The van der Waals surface area contributed by atoms with Gasteiger partial charge in [-0.15, -0.1) is 0 Å². The van der Waals surface area contributed by atoms with Crippen molar-refractivity contribution in [1.29, 1.82) is 0 Å². The molecule has 7 nitrogen and oxygen atoms in total. The standard InChI is InChI=1S/C9H9BrN2O5S/c10-1-4-2-18(17)8-5(11-3-13)7(14)12(8)6(4)9(15)16/h3,5,8H,1-2H2,(H,11,13)(H,15,16)/t5?,8-,18?/m0/s1. The molecule has 2 heterocycles. The highest BCUT2D eigenvalue weighted by molar-refractivity contribution is 9.09. The maximum atomic E-state index is 11.9. The van der Waals surface area contributed by atoms with E-state index in [4.69, 9.17) is 5.11 Å². The van der Waals surface area contributed by atoms with Gasteiger partial charge in [0.2, 0.25) is 11.8 Å². The summed E-state index contributed by atoms with van der Waals surface area (Å²) in [5, 5.41) is 10.8. The quantitative estimate of drug-likeness (QED) is 0.289. The van der Waals surface area contributed by atoms with Crippen LogP contribution in [0, 0.1) is 0 Å². The van der Waals surface area contributed by atoms with E-state index in [-0.39, 0.29) is 16.8 Å². The largest absolute Gasteiger partial charge is 0.614 e. The Bertz CT molecular complexity index is 454. The zero-order valence-electron chi connectivity index (χ0n) is 8.96. The number of nitrogens with one attached hydrogen (secondary N) is 1. The van der Waals surface area contributed by atoms with Crippen molar-refractivity contribution in [3.05, 3.63) is 11.3 Å². The van der Waals surface area contributed by atoms with Crippen LogP contribution in [0.3, 0.4) is 0 Å². The number of fused-ring (bicyclic) bond motifs is 1. The molecule has 98 valence electrons. The predicted octanol–water partition coefficient (Wildman–Crippen LogP) is -1.23. The Morgan fingerprint density at radius 2 is 2.39 bits per heavy atom. The summed E-state index contributed by atoms with van der Waals surface area (Å²) >= 11 is 1.70. The molecule has 0 aromatic heterocycles. The molecule has 1 fully saturated rings. The van der Waals surface area contributed by atoms with Gasteiger partial charge in [0.15, 0.2) is 6.04 Å². The smallest absolute Gasteiger partial charge is 0.352 e. The molecule has 0 aromatic rings. The fraction of sp³-hybridized carbons (Fsp3) is 0.444. The Balaban J connectivity index is 2.37. The van der Waals surface area contributed by atoms with Crippen LogP contribution in [0.25, 0.3) is 0 Å². The summed E-state index contributed by atoms with van der Waals surface area (Å²) in [5.41, 5.74) is 0.278. The van der Waals surface area contributed by atoms with Gasteiger partial charge in [-0.1, -0.05) is 15.9 Å². The maximum Gasteiger partial charge on any atom is 0.352 e. The Morgan fingerprint density at radius 1 is 1.72 bits per heavy atom. The first-order chi connectivity index (χ1) is 8.52. The summed E-state index contributed by atoms with van der Waals surface area (Å²) in [6.45, 7) is 0. The Hall–Kier alpha value is -1.06. The van der Waals surface area contributed by atoms with Crippen LogP contribution in [-0.2, 0) is 25.6 Å². The lowest BCUT2D eigenvalue weighted by Crippen LogP contribution is -2.74. The van der Waals surface area contributed by atoms with Crippen molar-refractivity contribution in [1.82, 2.24) is 10.2 Å². The Morgan fingerprint density at radius 3 is 2.89 bits per heavy atom. The molecule has 0 radical (unpaired) electrons. The molecule has 0 aliphatic carbocycles. The second kappa shape index (κ2) is 4.90. The van der Waals surface area contributed by atoms with Crippen LogP contribution in [0.1, 0.15) is 0 Å². The zero-order valence-corrected chi connectivity index (χ0v) is 11.4. The van der Waals surface area contributed by atoms with Crippen LogP contribution in [-0.4, -0.2) is 55.3 Å². The molecular formula is C9H9BrN2O5S. The van der Waals surface area contributed by atoms with Gasteiger partial charge in [0.25, 0.3) is 5.91 Å². The first kappa shape index (κ1) is 13.4. The third-order valence-electron chi connectivity index (χ3n) is 2.82. The summed E-state index contributed by atoms with van der Waals surface area (Å²) in [6, 6.07) is -0.894. The van der Waals surface area contributed by atoms with Gasteiger partial charge in [0, 0.05) is 10.9 Å². The number of carbonyl (C=O) groups excluding carboxylic acids is 2. The van der Waals surface area contributed by atoms with E-state index >= 15 is 0 Å². The van der Waals surface area contributed by atoms with Crippen LogP contribution in [0.15, 0.2) is 11.3 Å². The first-order valence-corrected chi connectivity index (χ1v) is 7.44. The van der Waals surface area contributed by atoms with E-state index in [1.165, 1.54) is 0 Å². The molecule has 18 heavy (non-hydrogen) atoms. The summed E-state index contributed by atoms with van der Waals surface area (Å²) in [6.07, 6.45) is 0.348. The number of rotatable bonds is 4. The number of nitrogens with zero attached hydrogens (tertiary/aromatic N) is 1. The third kappa shape index (κ3) is 1.82. The number of halogens is 1. The minimum Gasteiger partial charge on any atom is -0.614 e. The molecule has 2 rings (SSSR count). The highest BCUT2D eigenvalue weighted by Crippen LogP contribution is 2.36. The normalized spacial score (nSPS) is 30.7. The van der Waals surface area contributed by atoms with Crippen molar-refractivity contribution in [2.24, 2.45) is 0 Å². The van der Waals surface area contributed by atoms with Crippen molar-refractivity contribution in [3.63, 3.8) is 0 Å². The lowest BCUT2D eigenvalue weighted by molar-refractivity contribution is -0.150. The summed E-state index contributed by atoms with van der Waals surface area (Å²) < 4.78 is 11.9. The van der Waals surface area contributed by atoms with Crippen LogP contribution in [0.2, 0.25) is 0 Å². The van der Waals surface area contributed by atoms with Crippen LogP contribution in [0.5, 0.6) is 0 Å². The van der Waals surface area contributed by atoms with Crippen molar-refractivity contribution >= 4 is 45.4 Å². The van der Waals surface area contributed by atoms with Crippen molar-refractivity contribution in [2.45, 2.75) is 11.4 Å². The van der Waals surface area contributed by atoms with Crippen molar-refractivity contribution in [2.75, 3.05) is 11.1 Å². The number of alkyl halides is 1. The lowest BCUT2D eigenvalue weighted by Gasteiger charge is -2.48. The zero-order chi connectivity index (χ0) is 13.4. The fourth-order valence-electron chi connectivity index (χ4n) is 2.05. The van der Waals surface area contributed by atoms with Gasteiger partial charge in [-0.25, -0.2) is 4.79 Å². The molecule has 2 aliphatic heterocycles. The number of hydrogen-bond acceptors (Lipinski definition) is 4. The van der Waals surface area contributed by atoms with Gasteiger partial charge in [0.05, 0.1) is 0 Å². The average Bonchev–Trinajstić information content (AvgIpc) is 2.34. The molecule has 1 saturated heterocycles. The number of β-lactam (4-membered cyclic amide) rings is 1. The van der Waals surface area contributed by atoms with Gasteiger partial charge in [-0.3, -0.25) is 14.5 Å². The Kier molecular flexibility index (Phi) is 3.64. The van der Waals surface area contributed by atoms with Gasteiger partial charge in [-0.05, 0) is 11.2 Å². The first-order valence-electron chi connectivity index (χ1n) is 4.94. The van der Waals surface area contributed by atoms with Crippen LogP contribution >= 0.6 is 15.9 Å². The van der Waals surface area contributed by atoms with E-state index in [2.05, 4.69) is 21.2 Å². The van der Waals surface area contributed by atoms with Gasteiger partial charge in [0.1, 0.15) is 11.4 Å². The molecule has 9 heteroatoms. The molecule has 2 aliphatic rings. The second-order valence-corrected chi connectivity index (χ2v) is 5.87. The molecular weight excluding hydrogens is 328 g/mol. The monoisotopic (exact) mass is 336 g/mol. The molecule has 0 spiro atoms. The van der Waals surface area contributed by atoms with E-state index in [0.717, 1.165) is 4.90 Å². The Labute approximate surface area is 114 Å². The van der Waals surface area contributed by atoms with E-state index in [1.807, 2.05) is 0 Å². The van der Waals surface area contributed by atoms with E-state index in [0.29, 0.717) is 12.0 Å². The summed E-state index contributed by atoms with van der Waals surface area (Å²) in [5.74, 6) is -1.70. The van der Waals surface area contributed by atoms with E-state index in [9.17, 15) is 18.9 Å². The number of amides is 2. The van der Waals surface area contributed by atoms with Crippen molar-refractivity contribution in [3.8, 4) is 0 Å². The SMILES string of the molecule is O=CNC1C(=O)N2C(C(=O)O)=C(CBr)C[S+]([O-])[C@@H]12. The summed E-state index contributed by atoms with van der Waals surface area (Å²) in [4.78, 5) is 34.3. The van der Waals surface area contributed by atoms with Gasteiger partial charge >= 0.3 is 5.97 Å².